The standard InChI is InChI=1S/C16H17N3O.ClH/c17-14-3-1-13(2-4-14)16(20)19(15-5-6-15)11-12-7-9-18-10-8-12;/h1-4,7-10,15H,5-6,11,17H2;1H. The maximum atomic E-state index is 12.6. The highest BCUT2D eigenvalue weighted by Gasteiger charge is 2.32. The molecule has 1 saturated carbocycles. The first kappa shape index (κ1) is 15.3. The number of carbonyl (C=O) groups is 1. The van der Waals surface area contributed by atoms with E-state index < -0.39 is 0 Å². The van der Waals surface area contributed by atoms with Crippen LogP contribution in [-0.2, 0) is 6.54 Å². The number of aromatic nitrogens is 1. The van der Waals surface area contributed by atoms with Crippen LogP contribution in [0.2, 0.25) is 0 Å². The van der Waals surface area contributed by atoms with Crippen molar-refractivity contribution in [2.75, 3.05) is 5.73 Å². The van der Waals surface area contributed by atoms with Crippen LogP contribution in [0.1, 0.15) is 28.8 Å². The van der Waals surface area contributed by atoms with E-state index >= 15 is 0 Å². The van der Waals surface area contributed by atoms with Crippen molar-refractivity contribution in [2.24, 2.45) is 0 Å². The molecule has 0 spiro atoms. The molecule has 2 aromatic rings. The maximum absolute atomic E-state index is 12.6. The summed E-state index contributed by atoms with van der Waals surface area (Å²) in [5, 5.41) is 0. The molecule has 0 atom stereocenters. The molecule has 0 saturated heterocycles. The quantitative estimate of drug-likeness (QED) is 0.884. The van der Waals surface area contributed by atoms with Crippen LogP contribution in [0.25, 0.3) is 0 Å². The number of carbonyl (C=O) groups excluding carboxylic acids is 1. The second-order valence-electron chi connectivity index (χ2n) is 5.14. The van der Waals surface area contributed by atoms with Gasteiger partial charge in [0.1, 0.15) is 0 Å². The molecule has 1 aliphatic carbocycles. The lowest BCUT2D eigenvalue weighted by atomic mass is 10.1. The Morgan fingerprint density at radius 1 is 1.14 bits per heavy atom. The van der Waals surface area contributed by atoms with Crippen molar-refractivity contribution >= 4 is 24.0 Å². The summed E-state index contributed by atoms with van der Waals surface area (Å²) in [6, 6.07) is 11.4. The molecule has 1 amide bonds. The lowest BCUT2D eigenvalue weighted by Gasteiger charge is -2.22. The average molecular weight is 304 g/mol. The smallest absolute Gasteiger partial charge is 0.254 e. The monoisotopic (exact) mass is 303 g/mol. The Labute approximate surface area is 130 Å². The van der Waals surface area contributed by atoms with Crippen molar-refractivity contribution in [3.63, 3.8) is 0 Å². The largest absolute Gasteiger partial charge is 0.399 e. The van der Waals surface area contributed by atoms with Gasteiger partial charge in [0.05, 0.1) is 0 Å². The van der Waals surface area contributed by atoms with Gasteiger partial charge in [0.25, 0.3) is 5.91 Å². The molecule has 1 heterocycles. The zero-order chi connectivity index (χ0) is 13.9. The first-order chi connectivity index (χ1) is 9.74. The van der Waals surface area contributed by atoms with Gasteiger partial charge in [0.2, 0.25) is 0 Å². The van der Waals surface area contributed by atoms with Gasteiger partial charge in [-0.2, -0.15) is 0 Å². The van der Waals surface area contributed by atoms with Crippen LogP contribution >= 0.6 is 12.4 Å². The second-order valence-corrected chi connectivity index (χ2v) is 5.14. The SMILES string of the molecule is Cl.Nc1ccc(C(=O)N(Cc2ccncc2)C2CC2)cc1. The Kier molecular flexibility index (Phi) is 4.81. The zero-order valence-electron chi connectivity index (χ0n) is 11.6. The van der Waals surface area contributed by atoms with Gasteiger partial charge in [-0.3, -0.25) is 9.78 Å². The molecule has 0 aliphatic heterocycles. The normalized spacial score (nSPS) is 13.3. The van der Waals surface area contributed by atoms with Crippen molar-refractivity contribution in [3.05, 3.63) is 59.9 Å². The topological polar surface area (TPSA) is 59.2 Å². The third kappa shape index (κ3) is 3.73. The van der Waals surface area contributed by atoms with Gasteiger partial charge in [0.15, 0.2) is 0 Å². The number of benzene rings is 1. The molecular weight excluding hydrogens is 286 g/mol. The fourth-order valence-electron chi connectivity index (χ4n) is 2.23. The molecule has 0 bridgehead atoms. The highest BCUT2D eigenvalue weighted by atomic mass is 35.5. The van der Waals surface area contributed by atoms with E-state index in [0.29, 0.717) is 23.8 Å². The predicted octanol–water partition coefficient (Wildman–Crippen LogP) is 2.89. The molecule has 5 heteroatoms. The van der Waals surface area contributed by atoms with Crippen molar-refractivity contribution in [2.45, 2.75) is 25.4 Å². The molecule has 1 fully saturated rings. The Morgan fingerprint density at radius 2 is 1.76 bits per heavy atom. The first-order valence-electron chi connectivity index (χ1n) is 6.79. The summed E-state index contributed by atoms with van der Waals surface area (Å²) < 4.78 is 0. The fraction of sp³-hybridized carbons (Fsp3) is 0.250. The number of rotatable bonds is 4. The third-order valence-corrected chi connectivity index (χ3v) is 3.51. The number of anilines is 1. The summed E-state index contributed by atoms with van der Waals surface area (Å²) in [7, 11) is 0. The zero-order valence-corrected chi connectivity index (χ0v) is 12.4. The molecule has 1 aromatic carbocycles. The Morgan fingerprint density at radius 3 is 2.33 bits per heavy atom. The van der Waals surface area contributed by atoms with E-state index in [0.717, 1.165) is 18.4 Å². The van der Waals surface area contributed by atoms with Crippen molar-refractivity contribution < 1.29 is 4.79 Å². The fourth-order valence-corrected chi connectivity index (χ4v) is 2.23. The van der Waals surface area contributed by atoms with Crippen LogP contribution in [0.3, 0.4) is 0 Å². The van der Waals surface area contributed by atoms with Crippen LogP contribution in [0.5, 0.6) is 0 Å². The number of hydrogen-bond donors (Lipinski definition) is 1. The molecule has 0 unspecified atom stereocenters. The molecule has 1 aliphatic rings. The van der Waals surface area contributed by atoms with E-state index in [1.165, 1.54) is 0 Å². The molecule has 110 valence electrons. The van der Waals surface area contributed by atoms with E-state index in [4.69, 9.17) is 5.73 Å². The lowest BCUT2D eigenvalue weighted by Crippen LogP contribution is -2.32. The Hall–Kier alpha value is -2.07. The van der Waals surface area contributed by atoms with Gasteiger partial charge >= 0.3 is 0 Å². The molecule has 4 nitrogen and oxygen atoms in total. The summed E-state index contributed by atoms with van der Waals surface area (Å²) in [5.41, 5.74) is 8.14. The molecular formula is C16H18ClN3O. The Balaban J connectivity index is 0.00000161. The molecule has 0 radical (unpaired) electrons. The van der Waals surface area contributed by atoms with Gasteiger partial charge < -0.3 is 10.6 Å². The first-order valence-corrected chi connectivity index (χ1v) is 6.79. The molecule has 2 N–H and O–H groups in total. The number of nitrogens with zero attached hydrogens (tertiary/aromatic N) is 2. The number of pyridine rings is 1. The number of amides is 1. The van der Waals surface area contributed by atoms with Crippen molar-refractivity contribution in [1.29, 1.82) is 0 Å². The van der Waals surface area contributed by atoms with E-state index in [2.05, 4.69) is 4.98 Å². The van der Waals surface area contributed by atoms with E-state index in [9.17, 15) is 4.79 Å². The number of halogens is 1. The number of nitrogen functional groups attached to an aromatic ring is 1. The average Bonchev–Trinajstić information content (AvgIpc) is 3.30. The second kappa shape index (κ2) is 6.59. The predicted molar refractivity (Wildman–Crippen MR) is 85.2 cm³/mol. The van der Waals surface area contributed by atoms with Crippen LogP contribution in [0.4, 0.5) is 5.69 Å². The maximum Gasteiger partial charge on any atom is 0.254 e. The van der Waals surface area contributed by atoms with Crippen LogP contribution in [-0.4, -0.2) is 21.8 Å². The van der Waals surface area contributed by atoms with E-state index in [1.54, 1.807) is 36.7 Å². The Bertz CT molecular complexity index is 597. The van der Waals surface area contributed by atoms with Crippen LogP contribution in [0.15, 0.2) is 48.8 Å². The minimum Gasteiger partial charge on any atom is -0.399 e. The number of hydrogen-bond acceptors (Lipinski definition) is 3. The van der Waals surface area contributed by atoms with E-state index in [-0.39, 0.29) is 18.3 Å². The summed E-state index contributed by atoms with van der Waals surface area (Å²) in [5.74, 6) is 0.0734. The summed E-state index contributed by atoms with van der Waals surface area (Å²) >= 11 is 0. The molecule has 1 aromatic heterocycles. The van der Waals surface area contributed by atoms with Crippen LogP contribution < -0.4 is 5.73 Å². The summed E-state index contributed by atoms with van der Waals surface area (Å²) in [6.45, 7) is 0.635. The van der Waals surface area contributed by atoms with Gasteiger partial charge in [0, 0.05) is 36.2 Å². The van der Waals surface area contributed by atoms with Gasteiger partial charge in [-0.05, 0) is 54.8 Å². The van der Waals surface area contributed by atoms with Crippen molar-refractivity contribution in [3.8, 4) is 0 Å². The van der Waals surface area contributed by atoms with Gasteiger partial charge in [-0.1, -0.05) is 0 Å². The highest BCUT2D eigenvalue weighted by Crippen LogP contribution is 2.29. The molecule has 3 rings (SSSR count). The van der Waals surface area contributed by atoms with Gasteiger partial charge in [-0.15, -0.1) is 12.4 Å². The number of nitrogens with two attached hydrogens (primary N) is 1. The third-order valence-electron chi connectivity index (χ3n) is 3.51. The van der Waals surface area contributed by atoms with Crippen LogP contribution in [0, 0.1) is 0 Å². The highest BCUT2D eigenvalue weighted by molar-refractivity contribution is 5.94. The van der Waals surface area contributed by atoms with Gasteiger partial charge in [-0.25, -0.2) is 0 Å². The summed E-state index contributed by atoms with van der Waals surface area (Å²) in [4.78, 5) is 18.6. The molecule has 21 heavy (non-hydrogen) atoms. The minimum absolute atomic E-state index is 0. The minimum atomic E-state index is 0. The summed E-state index contributed by atoms with van der Waals surface area (Å²) in [6.07, 6.45) is 5.69. The lowest BCUT2D eigenvalue weighted by molar-refractivity contribution is 0.0730. The van der Waals surface area contributed by atoms with Crippen molar-refractivity contribution in [1.82, 2.24) is 9.88 Å². The van der Waals surface area contributed by atoms with E-state index in [1.807, 2.05) is 17.0 Å².